The number of nitrogens with two attached hydrogens (primary N) is 2. The number of hydrogen-bond acceptors (Lipinski definition) is 4. The minimum atomic E-state index is -2.73. The lowest BCUT2D eigenvalue weighted by atomic mass is 9.96. The summed E-state index contributed by atoms with van der Waals surface area (Å²) in [4.78, 5) is 30.5. The number of guanidine groups is 1. The molecule has 0 bridgehead atoms. The van der Waals surface area contributed by atoms with Crippen LogP contribution in [0.15, 0.2) is 47.5 Å². The van der Waals surface area contributed by atoms with Crippen molar-refractivity contribution in [3.8, 4) is 11.1 Å². The molecule has 10 heteroatoms. The van der Waals surface area contributed by atoms with Gasteiger partial charge in [0.05, 0.1) is 4.88 Å². The summed E-state index contributed by atoms with van der Waals surface area (Å²) in [5, 5.41) is 3.37. The van der Waals surface area contributed by atoms with Crippen molar-refractivity contribution < 1.29 is 18.4 Å². The van der Waals surface area contributed by atoms with Crippen molar-refractivity contribution >= 4 is 39.2 Å². The van der Waals surface area contributed by atoms with Gasteiger partial charge in [-0.05, 0) is 43.9 Å². The smallest absolute Gasteiger partial charge is 0.280 e. The lowest BCUT2D eigenvalue weighted by Gasteiger charge is -2.12. The van der Waals surface area contributed by atoms with Crippen LogP contribution >= 0.6 is 11.3 Å². The standard InChI is InChI=1S/C22H23F2N5O2S/c1-29(2)8-7-27-20(30)13-9-12(10-14(11-13)21(31)28-22(25)26)17-15-5-3-4-6-16(15)32-18(17)19(23)24/h3-6,9-11,19H,7-8H2,1-2H3,(H,27,30)(H4,25,26,28,31). The Balaban J connectivity index is 2.17. The molecule has 168 valence electrons. The first-order valence-electron chi connectivity index (χ1n) is 9.69. The normalized spacial score (nSPS) is 11.2. The van der Waals surface area contributed by atoms with Gasteiger partial charge in [0.1, 0.15) is 0 Å². The van der Waals surface area contributed by atoms with Gasteiger partial charge in [0.2, 0.25) is 0 Å². The summed E-state index contributed by atoms with van der Waals surface area (Å²) in [6.07, 6.45) is -2.73. The maximum absolute atomic E-state index is 13.9. The highest BCUT2D eigenvalue weighted by atomic mass is 32.1. The highest BCUT2D eigenvalue weighted by molar-refractivity contribution is 7.19. The van der Waals surface area contributed by atoms with E-state index in [1.807, 2.05) is 19.0 Å². The van der Waals surface area contributed by atoms with E-state index in [2.05, 4.69) is 10.3 Å². The average Bonchev–Trinajstić information content (AvgIpc) is 3.12. The summed E-state index contributed by atoms with van der Waals surface area (Å²) in [5.74, 6) is -1.65. The number of fused-ring (bicyclic) bond motifs is 1. The molecule has 0 aliphatic heterocycles. The number of aliphatic imine (C=N–C) groups is 1. The molecular weight excluding hydrogens is 436 g/mol. The zero-order chi connectivity index (χ0) is 23.4. The van der Waals surface area contributed by atoms with E-state index in [0.29, 0.717) is 28.7 Å². The minimum absolute atomic E-state index is 0.0177. The third-order valence-electron chi connectivity index (χ3n) is 4.63. The maximum atomic E-state index is 13.9. The molecule has 32 heavy (non-hydrogen) atoms. The van der Waals surface area contributed by atoms with E-state index in [0.717, 1.165) is 11.3 Å². The van der Waals surface area contributed by atoms with E-state index in [1.54, 1.807) is 24.3 Å². The monoisotopic (exact) mass is 459 g/mol. The SMILES string of the molecule is CN(C)CCNC(=O)c1cc(C(=O)N=C(N)N)cc(-c2c(C(F)F)sc3ccccc23)c1. The molecule has 0 fully saturated rings. The summed E-state index contributed by atoms with van der Waals surface area (Å²) >= 11 is 0.975. The number of likely N-dealkylation sites (N-methyl/N-ethyl adjacent to an activating group) is 1. The van der Waals surface area contributed by atoms with E-state index in [-0.39, 0.29) is 21.6 Å². The van der Waals surface area contributed by atoms with Crippen LogP contribution in [0.25, 0.3) is 21.2 Å². The number of carbonyl (C=O) groups is 2. The van der Waals surface area contributed by atoms with Crippen LogP contribution in [0.5, 0.6) is 0 Å². The van der Waals surface area contributed by atoms with Gasteiger partial charge in [-0.1, -0.05) is 18.2 Å². The van der Waals surface area contributed by atoms with Crippen molar-refractivity contribution in [2.45, 2.75) is 6.43 Å². The van der Waals surface area contributed by atoms with Crippen LogP contribution in [0, 0.1) is 0 Å². The first-order valence-corrected chi connectivity index (χ1v) is 10.5. The number of nitrogens with one attached hydrogen (secondary N) is 1. The molecule has 1 aromatic heterocycles. The molecule has 0 radical (unpaired) electrons. The maximum Gasteiger partial charge on any atom is 0.280 e. The van der Waals surface area contributed by atoms with Gasteiger partial charge in [-0.15, -0.1) is 11.3 Å². The molecule has 3 aromatic rings. The van der Waals surface area contributed by atoms with Gasteiger partial charge in [-0.25, -0.2) is 8.78 Å². The molecule has 1 heterocycles. The second kappa shape index (κ2) is 9.84. The Bertz CT molecular complexity index is 1190. The fraction of sp³-hybridized carbons (Fsp3) is 0.227. The largest absolute Gasteiger partial charge is 0.370 e. The van der Waals surface area contributed by atoms with Crippen LogP contribution in [-0.2, 0) is 0 Å². The first kappa shape index (κ1) is 23.3. The Labute approximate surface area is 187 Å². The van der Waals surface area contributed by atoms with Gasteiger partial charge >= 0.3 is 0 Å². The number of amides is 2. The van der Waals surface area contributed by atoms with Crippen molar-refractivity contribution in [1.82, 2.24) is 10.2 Å². The molecule has 0 atom stereocenters. The molecular formula is C22H23F2N5O2S. The van der Waals surface area contributed by atoms with Crippen molar-refractivity contribution in [1.29, 1.82) is 0 Å². The van der Waals surface area contributed by atoms with Crippen LogP contribution < -0.4 is 16.8 Å². The van der Waals surface area contributed by atoms with Crippen LogP contribution in [0.3, 0.4) is 0 Å². The van der Waals surface area contributed by atoms with Gasteiger partial charge in [-0.2, -0.15) is 4.99 Å². The van der Waals surface area contributed by atoms with Crippen molar-refractivity contribution in [2.24, 2.45) is 16.5 Å². The number of halogens is 2. The predicted octanol–water partition coefficient (Wildman–Crippen LogP) is 3.21. The highest BCUT2D eigenvalue weighted by Gasteiger charge is 2.23. The van der Waals surface area contributed by atoms with E-state index in [4.69, 9.17) is 11.5 Å². The molecule has 0 aliphatic rings. The predicted molar refractivity (Wildman–Crippen MR) is 123 cm³/mol. The Morgan fingerprint density at radius 2 is 1.81 bits per heavy atom. The quantitative estimate of drug-likeness (QED) is 0.371. The Hall–Kier alpha value is -3.37. The van der Waals surface area contributed by atoms with E-state index in [9.17, 15) is 18.4 Å². The molecule has 3 rings (SSSR count). The number of alkyl halides is 2. The number of hydrogen-bond donors (Lipinski definition) is 3. The fourth-order valence-corrected chi connectivity index (χ4v) is 4.30. The lowest BCUT2D eigenvalue weighted by Crippen LogP contribution is -2.31. The Morgan fingerprint density at radius 3 is 2.47 bits per heavy atom. The van der Waals surface area contributed by atoms with E-state index in [1.165, 1.54) is 18.2 Å². The van der Waals surface area contributed by atoms with Crippen molar-refractivity contribution in [2.75, 3.05) is 27.2 Å². The van der Waals surface area contributed by atoms with Gasteiger partial charge in [0.25, 0.3) is 18.2 Å². The number of carbonyl (C=O) groups excluding carboxylic acids is 2. The molecule has 0 saturated carbocycles. The third-order valence-corrected chi connectivity index (χ3v) is 5.81. The summed E-state index contributed by atoms with van der Waals surface area (Å²) < 4.78 is 28.5. The molecule has 0 saturated heterocycles. The molecule has 2 aromatic carbocycles. The summed E-state index contributed by atoms with van der Waals surface area (Å²) in [6, 6.07) is 11.3. The van der Waals surface area contributed by atoms with Crippen LogP contribution in [0.4, 0.5) is 8.78 Å². The number of benzene rings is 2. The third kappa shape index (κ3) is 5.27. The number of nitrogens with zero attached hydrogens (tertiary/aromatic N) is 2. The molecule has 2 amide bonds. The second-order valence-corrected chi connectivity index (χ2v) is 8.42. The van der Waals surface area contributed by atoms with Gasteiger partial charge in [0.15, 0.2) is 5.96 Å². The van der Waals surface area contributed by atoms with Gasteiger partial charge in [-0.3, -0.25) is 9.59 Å². The van der Waals surface area contributed by atoms with Gasteiger partial charge < -0.3 is 21.7 Å². The molecule has 0 aliphatic carbocycles. The highest BCUT2D eigenvalue weighted by Crippen LogP contribution is 2.43. The zero-order valence-electron chi connectivity index (χ0n) is 17.6. The van der Waals surface area contributed by atoms with Crippen LogP contribution in [0.2, 0.25) is 0 Å². The van der Waals surface area contributed by atoms with Crippen LogP contribution in [-0.4, -0.2) is 49.9 Å². The summed E-state index contributed by atoms with van der Waals surface area (Å²) in [6.45, 7) is 0.979. The van der Waals surface area contributed by atoms with Crippen molar-refractivity contribution in [3.63, 3.8) is 0 Å². The fourth-order valence-electron chi connectivity index (χ4n) is 3.22. The molecule has 5 N–H and O–H groups in total. The van der Waals surface area contributed by atoms with Crippen LogP contribution in [0.1, 0.15) is 32.0 Å². The van der Waals surface area contributed by atoms with Gasteiger partial charge in [0, 0.05) is 39.9 Å². The summed E-state index contributed by atoms with van der Waals surface area (Å²) in [7, 11) is 3.73. The average molecular weight is 460 g/mol. The van der Waals surface area contributed by atoms with Crippen molar-refractivity contribution in [3.05, 3.63) is 58.5 Å². The Morgan fingerprint density at radius 1 is 1.12 bits per heavy atom. The number of thiophene rings is 1. The summed E-state index contributed by atoms with van der Waals surface area (Å²) in [5.41, 5.74) is 11.4. The Kier molecular flexibility index (Phi) is 7.16. The second-order valence-electron chi connectivity index (χ2n) is 7.34. The molecule has 0 spiro atoms. The zero-order valence-corrected chi connectivity index (χ0v) is 18.4. The van der Waals surface area contributed by atoms with E-state index < -0.39 is 24.2 Å². The molecule has 7 nitrogen and oxygen atoms in total. The van der Waals surface area contributed by atoms with E-state index >= 15 is 0 Å². The topological polar surface area (TPSA) is 114 Å². The molecule has 0 unspecified atom stereocenters. The minimum Gasteiger partial charge on any atom is -0.370 e. The lowest BCUT2D eigenvalue weighted by molar-refractivity contribution is 0.0951. The first-order chi connectivity index (χ1) is 15.2. The number of rotatable bonds is 7.